The molecule has 6 heteroatoms. The van der Waals surface area contributed by atoms with Crippen LogP contribution in [0.2, 0.25) is 0 Å². The maximum atomic E-state index is 12.3. The van der Waals surface area contributed by atoms with Gasteiger partial charge in [-0.25, -0.2) is 9.50 Å². The molecule has 0 bridgehead atoms. The van der Waals surface area contributed by atoms with Gasteiger partial charge in [0.1, 0.15) is 5.56 Å². The fourth-order valence-electron chi connectivity index (χ4n) is 3.03. The Hall–Kier alpha value is -2.89. The molecule has 1 N–H and O–H groups in total. The molecule has 0 fully saturated rings. The Morgan fingerprint density at radius 1 is 1.26 bits per heavy atom. The van der Waals surface area contributed by atoms with E-state index in [1.54, 1.807) is 29.2 Å². The zero-order valence-corrected chi connectivity index (χ0v) is 12.6. The van der Waals surface area contributed by atoms with Gasteiger partial charge in [0, 0.05) is 37.7 Å². The van der Waals surface area contributed by atoms with Crippen molar-refractivity contribution in [3.05, 3.63) is 60.0 Å². The Bertz CT molecular complexity index is 857. The molecule has 6 nitrogen and oxygen atoms in total. The molecule has 0 atom stereocenters. The van der Waals surface area contributed by atoms with E-state index in [1.165, 1.54) is 11.3 Å². The minimum absolute atomic E-state index is 0.133. The Kier molecular flexibility index (Phi) is 3.42. The van der Waals surface area contributed by atoms with E-state index in [0.29, 0.717) is 17.8 Å². The molecule has 1 aliphatic rings. The molecule has 23 heavy (non-hydrogen) atoms. The number of carbonyl (C=O) groups is 1. The van der Waals surface area contributed by atoms with Gasteiger partial charge in [-0.2, -0.15) is 5.10 Å². The van der Waals surface area contributed by atoms with Gasteiger partial charge in [0.25, 0.3) is 5.91 Å². The summed E-state index contributed by atoms with van der Waals surface area (Å²) in [5.41, 5.74) is 3.74. The molecule has 0 saturated heterocycles. The van der Waals surface area contributed by atoms with Crippen LogP contribution in [0.4, 0.5) is 5.69 Å². The molecule has 1 aliphatic heterocycles. The highest BCUT2D eigenvalue weighted by Crippen LogP contribution is 2.26. The van der Waals surface area contributed by atoms with Crippen molar-refractivity contribution in [3.63, 3.8) is 0 Å². The van der Waals surface area contributed by atoms with E-state index in [0.717, 1.165) is 19.5 Å². The molecule has 4 rings (SSSR count). The average molecular weight is 307 g/mol. The lowest BCUT2D eigenvalue weighted by Gasteiger charge is -2.19. The Morgan fingerprint density at radius 2 is 2.17 bits per heavy atom. The number of aromatic nitrogens is 3. The van der Waals surface area contributed by atoms with E-state index in [1.807, 2.05) is 0 Å². The fourth-order valence-corrected chi connectivity index (χ4v) is 3.03. The second-order valence-electron chi connectivity index (χ2n) is 5.57. The van der Waals surface area contributed by atoms with Crippen molar-refractivity contribution in [2.45, 2.75) is 6.42 Å². The number of para-hydroxylation sites is 1. The van der Waals surface area contributed by atoms with E-state index >= 15 is 0 Å². The van der Waals surface area contributed by atoms with Crippen molar-refractivity contribution in [1.29, 1.82) is 0 Å². The third-order valence-electron chi connectivity index (χ3n) is 4.17. The van der Waals surface area contributed by atoms with Gasteiger partial charge in [-0.05, 0) is 24.1 Å². The quantitative estimate of drug-likeness (QED) is 0.794. The Balaban J connectivity index is 1.39. The highest BCUT2D eigenvalue weighted by molar-refractivity contribution is 5.99. The van der Waals surface area contributed by atoms with Gasteiger partial charge < -0.3 is 10.2 Å². The van der Waals surface area contributed by atoms with Crippen molar-refractivity contribution in [1.82, 2.24) is 19.9 Å². The first-order chi connectivity index (χ1) is 11.3. The zero-order chi connectivity index (χ0) is 15.6. The van der Waals surface area contributed by atoms with Gasteiger partial charge in [0.15, 0.2) is 5.65 Å². The van der Waals surface area contributed by atoms with Gasteiger partial charge in [-0.15, -0.1) is 0 Å². The van der Waals surface area contributed by atoms with Crippen LogP contribution in [0.3, 0.4) is 0 Å². The smallest absolute Gasteiger partial charge is 0.256 e. The van der Waals surface area contributed by atoms with E-state index in [-0.39, 0.29) is 5.91 Å². The number of hydrogen-bond donors (Lipinski definition) is 1. The Labute approximate surface area is 133 Å². The van der Waals surface area contributed by atoms with Gasteiger partial charge in [0.2, 0.25) is 0 Å². The van der Waals surface area contributed by atoms with Crippen LogP contribution in [0.25, 0.3) is 5.65 Å². The highest BCUT2D eigenvalue weighted by atomic mass is 16.1. The predicted molar refractivity (Wildman–Crippen MR) is 87.7 cm³/mol. The van der Waals surface area contributed by atoms with Crippen molar-refractivity contribution in [3.8, 4) is 0 Å². The lowest BCUT2D eigenvalue weighted by Crippen LogP contribution is -2.34. The van der Waals surface area contributed by atoms with Crippen LogP contribution < -0.4 is 10.2 Å². The van der Waals surface area contributed by atoms with Gasteiger partial charge in [-0.3, -0.25) is 4.79 Å². The molecule has 0 saturated carbocycles. The maximum absolute atomic E-state index is 12.3. The van der Waals surface area contributed by atoms with Crippen LogP contribution in [-0.4, -0.2) is 40.1 Å². The highest BCUT2D eigenvalue weighted by Gasteiger charge is 2.18. The lowest BCUT2D eigenvalue weighted by molar-refractivity contribution is 0.0956. The zero-order valence-electron chi connectivity index (χ0n) is 12.6. The largest absolute Gasteiger partial charge is 0.369 e. The minimum Gasteiger partial charge on any atom is -0.369 e. The van der Waals surface area contributed by atoms with Crippen molar-refractivity contribution in [2.75, 3.05) is 24.5 Å². The van der Waals surface area contributed by atoms with Crippen LogP contribution in [0.5, 0.6) is 0 Å². The molecule has 1 aromatic carbocycles. The number of rotatable bonds is 4. The molecule has 0 spiro atoms. The summed E-state index contributed by atoms with van der Waals surface area (Å²) in [7, 11) is 0. The number of hydrogen-bond acceptors (Lipinski definition) is 4. The molecule has 3 aromatic rings. The molecule has 0 unspecified atom stereocenters. The maximum Gasteiger partial charge on any atom is 0.256 e. The van der Waals surface area contributed by atoms with Crippen molar-refractivity contribution < 1.29 is 4.79 Å². The normalized spacial score (nSPS) is 13.3. The first-order valence-corrected chi connectivity index (χ1v) is 7.72. The predicted octanol–water partition coefficient (Wildman–Crippen LogP) is 1.52. The minimum atomic E-state index is -0.133. The van der Waals surface area contributed by atoms with E-state index in [2.05, 4.69) is 44.6 Å². The summed E-state index contributed by atoms with van der Waals surface area (Å²) >= 11 is 0. The summed E-state index contributed by atoms with van der Waals surface area (Å²) < 4.78 is 1.60. The number of anilines is 1. The first-order valence-electron chi connectivity index (χ1n) is 7.72. The number of nitrogens with zero attached hydrogens (tertiary/aromatic N) is 4. The molecule has 3 heterocycles. The molecule has 1 amide bonds. The molecule has 116 valence electrons. The van der Waals surface area contributed by atoms with Crippen LogP contribution in [0.15, 0.2) is 48.9 Å². The van der Waals surface area contributed by atoms with Gasteiger partial charge in [0.05, 0.1) is 6.20 Å². The first kappa shape index (κ1) is 13.8. The molecular formula is C17H17N5O. The Morgan fingerprint density at radius 3 is 3.13 bits per heavy atom. The second-order valence-corrected chi connectivity index (χ2v) is 5.57. The number of carbonyl (C=O) groups excluding carboxylic acids is 1. The van der Waals surface area contributed by atoms with Crippen LogP contribution in [-0.2, 0) is 6.42 Å². The van der Waals surface area contributed by atoms with E-state index < -0.39 is 0 Å². The average Bonchev–Trinajstić information content (AvgIpc) is 3.19. The number of amides is 1. The van der Waals surface area contributed by atoms with Gasteiger partial charge >= 0.3 is 0 Å². The number of benzene rings is 1. The summed E-state index contributed by atoms with van der Waals surface area (Å²) in [6.07, 6.45) is 6.07. The van der Waals surface area contributed by atoms with E-state index in [9.17, 15) is 4.79 Å². The summed E-state index contributed by atoms with van der Waals surface area (Å²) in [4.78, 5) is 18.8. The fraction of sp³-hybridized carbons (Fsp3) is 0.235. The molecular weight excluding hydrogens is 290 g/mol. The lowest BCUT2D eigenvalue weighted by atomic mass is 10.2. The third kappa shape index (κ3) is 2.52. The molecule has 0 aliphatic carbocycles. The third-order valence-corrected chi connectivity index (χ3v) is 4.17. The number of fused-ring (bicyclic) bond motifs is 2. The van der Waals surface area contributed by atoms with Crippen LogP contribution >= 0.6 is 0 Å². The summed E-state index contributed by atoms with van der Waals surface area (Å²) in [6, 6.07) is 10.2. The topological polar surface area (TPSA) is 62.5 Å². The van der Waals surface area contributed by atoms with Crippen molar-refractivity contribution in [2.24, 2.45) is 0 Å². The number of nitrogens with one attached hydrogen (secondary N) is 1. The standard InChI is InChI=1S/C17H17N5O/c23-17(14-12-20-22-9-3-7-18-16(14)22)19-8-11-21-10-6-13-4-1-2-5-15(13)21/h1-5,7,9,12H,6,8,10-11H2,(H,19,23). The second kappa shape index (κ2) is 5.72. The molecule has 2 aromatic heterocycles. The summed E-state index contributed by atoms with van der Waals surface area (Å²) in [6.45, 7) is 2.40. The van der Waals surface area contributed by atoms with Crippen LogP contribution in [0, 0.1) is 0 Å². The van der Waals surface area contributed by atoms with E-state index in [4.69, 9.17) is 0 Å². The summed E-state index contributed by atoms with van der Waals surface area (Å²) in [5.74, 6) is -0.133. The molecule has 0 radical (unpaired) electrons. The van der Waals surface area contributed by atoms with Crippen molar-refractivity contribution >= 4 is 17.2 Å². The monoisotopic (exact) mass is 307 g/mol. The van der Waals surface area contributed by atoms with Crippen LogP contribution in [0.1, 0.15) is 15.9 Å². The SMILES string of the molecule is O=C(NCCN1CCc2ccccc21)c1cnn2cccnc12. The summed E-state index contributed by atoms with van der Waals surface area (Å²) in [5, 5.41) is 7.10. The van der Waals surface area contributed by atoms with Gasteiger partial charge in [-0.1, -0.05) is 18.2 Å².